The zero-order valence-electron chi connectivity index (χ0n) is 9.83. The van der Waals surface area contributed by atoms with E-state index in [1.54, 1.807) is 7.11 Å². The minimum atomic E-state index is 0.786. The molecule has 3 heteroatoms. The topological polar surface area (TPSA) is 47.3 Å². The van der Waals surface area contributed by atoms with Gasteiger partial charge in [-0.05, 0) is 24.5 Å². The monoisotopic (exact) mass is 220 g/mol. The number of nitrogens with one attached hydrogen (secondary N) is 1. The van der Waals surface area contributed by atoms with Gasteiger partial charge in [-0.15, -0.1) is 0 Å². The van der Waals surface area contributed by atoms with Gasteiger partial charge in [-0.25, -0.2) is 0 Å². The van der Waals surface area contributed by atoms with Crippen molar-refractivity contribution in [3.05, 3.63) is 18.2 Å². The second kappa shape index (κ2) is 5.10. The van der Waals surface area contributed by atoms with Crippen LogP contribution in [0.15, 0.2) is 18.2 Å². The first-order valence-corrected chi connectivity index (χ1v) is 5.97. The van der Waals surface area contributed by atoms with Gasteiger partial charge in [0, 0.05) is 12.6 Å². The molecule has 1 aliphatic carbocycles. The molecular weight excluding hydrogens is 200 g/mol. The molecule has 1 fully saturated rings. The lowest BCUT2D eigenvalue weighted by molar-refractivity contribution is 0.303. The Kier molecular flexibility index (Phi) is 3.54. The van der Waals surface area contributed by atoms with Gasteiger partial charge in [0.25, 0.3) is 0 Å². The summed E-state index contributed by atoms with van der Waals surface area (Å²) in [6.07, 6.45) is 5.45. The molecule has 3 N–H and O–H groups in total. The Morgan fingerprint density at radius 3 is 2.88 bits per heavy atom. The van der Waals surface area contributed by atoms with Crippen LogP contribution in [0.1, 0.15) is 25.7 Å². The Balaban J connectivity index is 1.86. The largest absolute Gasteiger partial charge is 0.497 e. The molecule has 0 aromatic heterocycles. The lowest BCUT2D eigenvalue weighted by Crippen LogP contribution is -2.16. The second-order valence-electron chi connectivity index (χ2n) is 4.47. The maximum absolute atomic E-state index is 5.89. The molecule has 0 amide bonds. The first kappa shape index (κ1) is 11.1. The molecule has 0 bridgehead atoms. The van der Waals surface area contributed by atoms with Crippen LogP contribution in [0.3, 0.4) is 0 Å². The fraction of sp³-hybridized carbons (Fsp3) is 0.538. The molecule has 0 heterocycles. The highest BCUT2D eigenvalue weighted by Crippen LogP contribution is 2.30. The molecular formula is C13H20N2O. The average molecular weight is 220 g/mol. The van der Waals surface area contributed by atoms with Gasteiger partial charge < -0.3 is 15.8 Å². The SMILES string of the molecule is COc1ccc(N)c(NCCC2CCC2)c1. The summed E-state index contributed by atoms with van der Waals surface area (Å²) in [5, 5.41) is 3.38. The van der Waals surface area contributed by atoms with Crippen LogP contribution in [0.2, 0.25) is 0 Å². The molecule has 1 aliphatic rings. The molecule has 0 radical (unpaired) electrons. The molecule has 1 aromatic carbocycles. The number of hydrogen-bond acceptors (Lipinski definition) is 3. The molecule has 0 saturated heterocycles. The van der Waals surface area contributed by atoms with Crippen LogP contribution in [0.5, 0.6) is 5.75 Å². The number of rotatable bonds is 5. The van der Waals surface area contributed by atoms with E-state index >= 15 is 0 Å². The van der Waals surface area contributed by atoms with E-state index in [0.717, 1.165) is 29.6 Å². The average Bonchev–Trinajstić information content (AvgIpc) is 2.24. The number of ether oxygens (including phenoxy) is 1. The van der Waals surface area contributed by atoms with Crippen LogP contribution < -0.4 is 15.8 Å². The minimum absolute atomic E-state index is 0.786. The van der Waals surface area contributed by atoms with Crippen molar-refractivity contribution < 1.29 is 4.74 Å². The molecule has 0 atom stereocenters. The zero-order valence-corrected chi connectivity index (χ0v) is 9.83. The van der Waals surface area contributed by atoms with E-state index in [1.807, 2.05) is 18.2 Å². The van der Waals surface area contributed by atoms with Gasteiger partial charge >= 0.3 is 0 Å². The maximum Gasteiger partial charge on any atom is 0.121 e. The quantitative estimate of drug-likeness (QED) is 0.750. The van der Waals surface area contributed by atoms with Crippen LogP contribution in [0, 0.1) is 5.92 Å². The lowest BCUT2D eigenvalue weighted by atomic mass is 9.83. The van der Waals surface area contributed by atoms with E-state index in [4.69, 9.17) is 10.5 Å². The van der Waals surface area contributed by atoms with E-state index in [-0.39, 0.29) is 0 Å². The molecule has 16 heavy (non-hydrogen) atoms. The third-order valence-electron chi connectivity index (χ3n) is 3.35. The van der Waals surface area contributed by atoms with Gasteiger partial charge in [0.2, 0.25) is 0 Å². The summed E-state index contributed by atoms with van der Waals surface area (Å²) < 4.78 is 5.17. The standard InChI is InChI=1S/C13H20N2O/c1-16-11-5-6-12(14)13(9-11)15-8-7-10-3-2-4-10/h5-6,9-10,15H,2-4,7-8,14H2,1H3. The molecule has 1 aromatic rings. The summed E-state index contributed by atoms with van der Waals surface area (Å²) in [6.45, 7) is 1.00. The summed E-state index contributed by atoms with van der Waals surface area (Å²) in [4.78, 5) is 0. The van der Waals surface area contributed by atoms with Crippen molar-refractivity contribution in [2.75, 3.05) is 24.7 Å². The first-order chi connectivity index (χ1) is 7.79. The van der Waals surface area contributed by atoms with E-state index in [1.165, 1.54) is 25.7 Å². The van der Waals surface area contributed by atoms with Crippen LogP contribution in [0.4, 0.5) is 11.4 Å². The molecule has 0 spiro atoms. The van der Waals surface area contributed by atoms with Crippen LogP contribution >= 0.6 is 0 Å². The van der Waals surface area contributed by atoms with Crippen molar-refractivity contribution in [2.45, 2.75) is 25.7 Å². The van der Waals surface area contributed by atoms with Gasteiger partial charge in [-0.3, -0.25) is 0 Å². The van der Waals surface area contributed by atoms with E-state index < -0.39 is 0 Å². The fourth-order valence-electron chi connectivity index (χ4n) is 2.01. The number of methoxy groups -OCH3 is 1. The molecule has 0 unspecified atom stereocenters. The van der Waals surface area contributed by atoms with Gasteiger partial charge in [0.05, 0.1) is 18.5 Å². The van der Waals surface area contributed by atoms with Crippen molar-refractivity contribution in [2.24, 2.45) is 5.92 Å². The Morgan fingerprint density at radius 2 is 2.25 bits per heavy atom. The second-order valence-corrected chi connectivity index (χ2v) is 4.47. The molecule has 0 aliphatic heterocycles. The summed E-state index contributed by atoms with van der Waals surface area (Å²) in [5.41, 5.74) is 7.66. The number of benzene rings is 1. The Morgan fingerprint density at radius 1 is 1.44 bits per heavy atom. The van der Waals surface area contributed by atoms with Crippen molar-refractivity contribution in [3.8, 4) is 5.75 Å². The Bertz CT molecular complexity index is 348. The fourth-order valence-corrected chi connectivity index (χ4v) is 2.01. The Hall–Kier alpha value is -1.38. The van der Waals surface area contributed by atoms with Crippen molar-refractivity contribution in [3.63, 3.8) is 0 Å². The van der Waals surface area contributed by atoms with E-state index in [0.29, 0.717) is 0 Å². The summed E-state index contributed by atoms with van der Waals surface area (Å²) in [5.74, 6) is 1.78. The van der Waals surface area contributed by atoms with Gasteiger partial charge in [-0.2, -0.15) is 0 Å². The van der Waals surface area contributed by atoms with E-state index in [9.17, 15) is 0 Å². The molecule has 1 saturated carbocycles. The zero-order chi connectivity index (χ0) is 11.4. The predicted octanol–water partition coefficient (Wildman–Crippen LogP) is 2.88. The van der Waals surface area contributed by atoms with Crippen molar-refractivity contribution >= 4 is 11.4 Å². The van der Waals surface area contributed by atoms with Gasteiger partial charge in [0.15, 0.2) is 0 Å². The number of hydrogen-bond donors (Lipinski definition) is 2. The van der Waals surface area contributed by atoms with Crippen LogP contribution in [0.25, 0.3) is 0 Å². The van der Waals surface area contributed by atoms with E-state index in [2.05, 4.69) is 5.32 Å². The van der Waals surface area contributed by atoms with Crippen LogP contribution in [-0.4, -0.2) is 13.7 Å². The number of nitrogens with two attached hydrogens (primary N) is 1. The van der Waals surface area contributed by atoms with Crippen LogP contribution in [-0.2, 0) is 0 Å². The number of nitrogen functional groups attached to an aromatic ring is 1. The molecule has 3 nitrogen and oxygen atoms in total. The third kappa shape index (κ3) is 2.60. The number of anilines is 2. The van der Waals surface area contributed by atoms with Gasteiger partial charge in [0.1, 0.15) is 5.75 Å². The lowest BCUT2D eigenvalue weighted by Gasteiger charge is -2.25. The highest BCUT2D eigenvalue weighted by Gasteiger charge is 2.16. The normalized spacial score (nSPS) is 15.6. The van der Waals surface area contributed by atoms with Crippen molar-refractivity contribution in [1.29, 1.82) is 0 Å². The highest BCUT2D eigenvalue weighted by molar-refractivity contribution is 5.68. The maximum atomic E-state index is 5.89. The highest BCUT2D eigenvalue weighted by atomic mass is 16.5. The smallest absolute Gasteiger partial charge is 0.121 e. The first-order valence-electron chi connectivity index (χ1n) is 5.97. The minimum Gasteiger partial charge on any atom is -0.497 e. The summed E-state index contributed by atoms with van der Waals surface area (Å²) >= 11 is 0. The van der Waals surface area contributed by atoms with Gasteiger partial charge in [-0.1, -0.05) is 19.3 Å². The summed E-state index contributed by atoms with van der Waals surface area (Å²) in [6, 6.07) is 5.72. The molecule has 2 rings (SSSR count). The predicted molar refractivity (Wildman–Crippen MR) is 67.9 cm³/mol. The Labute approximate surface area is 97.0 Å². The molecule has 88 valence electrons. The van der Waals surface area contributed by atoms with Crippen molar-refractivity contribution in [1.82, 2.24) is 0 Å². The third-order valence-corrected chi connectivity index (χ3v) is 3.35. The summed E-state index contributed by atoms with van der Waals surface area (Å²) in [7, 11) is 1.67.